The molecule has 9 heteroatoms. The maximum Gasteiger partial charge on any atom is 0.252 e. The van der Waals surface area contributed by atoms with Crippen molar-refractivity contribution in [2.75, 3.05) is 37.7 Å². The SMILES string of the molecule is CC(=O)N1C2CCC(C3CCC(N4CCS(=O)(=O)CC4)CC3)CC2N(C(=O)C2CCCO2)C[C@@H]1C. The van der Waals surface area contributed by atoms with Gasteiger partial charge in [0, 0.05) is 45.2 Å². The molecular formula is C26H43N3O5S. The molecule has 0 bridgehead atoms. The number of piperazine rings is 1. The van der Waals surface area contributed by atoms with Crippen molar-refractivity contribution < 1.29 is 22.7 Å². The van der Waals surface area contributed by atoms with Gasteiger partial charge in [0.25, 0.3) is 5.91 Å². The van der Waals surface area contributed by atoms with E-state index in [1.165, 1.54) is 12.8 Å². The number of nitrogens with zero attached hydrogens (tertiary/aromatic N) is 3. The standard InChI is InChI=1S/C26H43N3O5S/c1-18-17-28(26(31)25-4-3-13-34-25)24-16-21(7-10-23(24)29(18)19(2)30)20-5-8-22(9-6-20)27-11-14-35(32,33)15-12-27/h18,20-25H,3-17H2,1-2H3/t18-,20?,21?,22?,23?,24?,25?/m0/s1. The molecule has 0 aromatic carbocycles. The number of hydrogen-bond donors (Lipinski definition) is 0. The minimum atomic E-state index is -2.84. The second-order valence-corrected chi connectivity index (χ2v) is 14.0. The minimum absolute atomic E-state index is 0.0412. The number of carbonyl (C=O) groups is 2. The lowest BCUT2D eigenvalue weighted by atomic mass is 9.68. The molecule has 3 aliphatic heterocycles. The molecule has 5 fully saturated rings. The van der Waals surface area contributed by atoms with Crippen LogP contribution in [0.4, 0.5) is 0 Å². The number of ether oxygens (including phenoxy) is 1. The molecule has 0 N–H and O–H groups in total. The second-order valence-electron chi connectivity index (χ2n) is 11.7. The molecule has 5 atom stereocenters. The van der Waals surface area contributed by atoms with Crippen LogP contribution < -0.4 is 0 Å². The number of carbonyl (C=O) groups excluding carboxylic acids is 2. The van der Waals surface area contributed by atoms with E-state index in [4.69, 9.17) is 4.74 Å². The van der Waals surface area contributed by atoms with Crippen molar-refractivity contribution in [1.29, 1.82) is 0 Å². The molecule has 4 unspecified atom stereocenters. The van der Waals surface area contributed by atoms with Crippen LogP contribution in [-0.2, 0) is 24.2 Å². The van der Waals surface area contributed by atoms with Crippen LogP contribution in [0, 0.1) is 11.8 Å². The van der Waals surface area contributed by atoms with Gasteiger partial charge in [0.2, 0.25) is 5.91 Å². The zero-order valence-electron chi connectivity index (χ0n) is 21.4. The largest absolute Gasteiger partial charge is 0.368 e. The van der Waals surface area contributed by atoms with Crippen molar-refractivity contribution in [3.63, 3.8) is 0 Å². The molecule has 0 radical (unpaired) electrons. The van der Waals surface area contributed by atoms with Gasteiger partial charge < -0.3 is 14.5 Å². The Kier molecular flexibility index (Phi) is 7.48. The van der Waals surface area contributed by atoms with Crippen LogP contribution in [0.1, 0.15) is 71.6 Å². The summed E-state index contributed by atoms with van der Waals surface area (Å²) >= 11 is 0. The molecule has 0 spiro atoms. The maximum absolute atomic E-state index is 13.5. The molecule has 8 nitrogen and oxygen atoms in total. The average Bonchev–Trinajstić information content (AvgIpc) is 3.38. The van der Waals surface area contributed by atoms with Crippen LogP contribution in [-0.4, -0.2) is 103 Å². The van der Waals surface area contributed by atoms with Gasteiger partial charge in [0.15, 0.2) is 9.84 Å². The van der Waals surface area contributed by atoms with Gasteiger partial charge in [-0.1, -0.05) is 0 Å². The number of amides is 2. The predicted octanol–water partition coefficient (Wildman–Crippen LogP) is 2.07. The van der Waals surface area contributed by atoms with Gasteiger partial charge in [-0.2, -0.15) is 0 Å². The van der Waals surface area contributed by atoms with Gasteiger partial charge in [0.05, 0.1) is 23.6 Å². The average molecular weight is 510 g/mol. The van der Waals surface area contributed by atoms with Crippen molar-refractivity contribution in [3.8, 4) is 0 Å². The monoisotopic (exact) mass is 509 g/mol. The van der Waals surface area contributed by atoms with Crippen molar-refractivity contribution in [2.24, 2.45) is 11.8 Å². The molecule has 2 aliphatic carbocycles. The first-order valence-electron chi connectivity index (χ1n) is 13.9. The number of fused-ring (bicyclic) bond motifs is 1. The molecule has 198 valence electrons. The Morgan fingerprint density at radius 3 is 2.20 bits per heavy atom. The zero-order chi connectivity index (χ0) is 24.7. The van der Waals surface area contributed by atoms with E-state index in [1.54, 1.807) is 6.92 Å². The van der Waals surface area contributed by atoms with Crippen LogP contribution in [0.15, 0.2) is 0 Å². The summed E-state index contributed by atoms with van der Waals surface area (Å²) in [4.78, 5) is 32.6. The molecule has 2 saturated carbocycles. The maximum atomic E-state index is 13.5. The van der Waals surface area contributed by atoms with Crippen molar-refractivity contribution >= 4 is 21.7 Å². The quantitative estimate of drug-likeness (QED) is 0.579. The molecule has 0 aromatic rings. The molecule has 3 saturated heterocycles. The first-order chi connectivity index (χ1) is 16.7. The van der Waals surface area contributed by atoms with Crippen LogP contribution in [0.2, 0.25) is 0 Å². The third-order valence-electron chi connectivity index (χ3n) is 9.67. The Labute approximate surface area is 210 Å². The summed E-state index contributed by atoms with van der Waals surface area (Å²) in [7, 11) is -2.84. The molecule has 2 amide bonds. The van der Waals surface area contributed by atoms with Gasteiger partial charge in [0.1, 0.15) is 6.10 Å². The van der Waals surface area contributed by atoms with E-state index in [2.05, 4.69) is 21.6 Å². The molecule has 35 heavy (non-hydrogen) atoms. The molecule has 3 heterocycles. The molecule has 5 aliphatic rings. The van der Waals surface area contributed by atoms with Crippen LogP contribution in [0.5, 0.6) is 0 Å². The summed E-state index contributed by atoms with van der Waals surface area (Å²) in [5, 5.41) is 0. The summed E-state index contributed by atoms with van der Waals surface area (Å²) < 4.78 is 29.4. The summed E-state index contributed by atoms with van der Waals surface area (Å²) in [5.74, 6) is 2.11. The summed E-state index contributed by atoms with van der Waals surface area (Å²) in [5.41, 5.74) is 0. The highest BCUT2D eigenvalue weighted by atomic mass is 32.2. The van der Waals surface area contributed by atoms with E-state index < -0.39 is 9.84 Å². The van der Waals surface area contributed by atoms with E-state index in [9.17, 15) is 18.0 Å². The number of sulfone groups is 1. The Morgan fingerprint density at radius 1 is 0.886 bits per heavy atom. The van der Waals surface area contributed by atoms with Gasteiger partial charge in [-0.05, 0) is 76.5 Å². The van der Waals surface area contributed by atoms with Crippen LogP contribution >= 0.6 is 0 Å². The first-order valence-corrected chi connectivity index (χ1v) is 15.7. The summed E-state index contributed by atoms with van der Waals surface area (Å²) in [6.07, 6.45) is 9.17. The molecule has 0 aromatic heterocycles. The van der Waals surface area contributed by atoms with Gasteiger partial charge >= 0.3 is 0 Å². The normalized spacial score (nSPS) is 40.3. The fourth-order valence-corrected chi connectivity index (χ4v) is 9.10. The lowest BCUT2D eigenvalue weighted by molar-refractivity contribution is -0.160. The number of rotatable bonds is 3. The van der Waals surface area contributed by atoms with E-state index in [0.717, 1.165) is 44.9 Å². The highest BCUT2D eigenvalue weighted by molar-refractivity contribution is 7.91. The lowest BCUT2D eigenvalue weighted by Gasteiger charge is -2.55. The highest BCUT2D eigenvalue weighted by Crippen LogP contribution is 2.43. The Balaban J connectivity index is 1.24. The van der Waals surface area contributed by atoms with Gasteiger partial charge in [-0.25, -0.2) is 8.42 Å². The van der Waals surface area contributed by atoms with E-state index >= 15 is 0 Å². The lowest BCUT2D eigenvalue weighted by Crippen LogP contribution is -2.68. The third kappa shape index (κ3) is 5.28. The molecular weight excluding hydrogens is 466 g/mol. The topological polar surface area (TPSA) is 87.2 Å². The zero-order valence-corrected chi connectivity index (χ0v) is 22.3. The minimum Gasteiger partial charge on any atom is -0.368 e. The molecule has 5 rings (SSSR count). The summed E-state index contributed by atoms with van der Waals surface area (Å²) in [6, 6.07) is 0.763. The smallest absolute Gasteiger partial charge is 0.252 e. The fourth-order valence-electron chi connectivity index (χ4n) is 7.87. The second kappa shape index (κ2) is 10.3. The Morgan fingerprint density at radius 2 is 1.57 bits per heavy atom. The van der Waals surface area contributed by atoms with E-state index in [-0.39, 0.29) is 36.0 Å². The van der Waals surface area contributed by atoms with Crippen LogP contribution in [0.25, 0.3) is 0 Å². The first kappa shape index (κ1) is 25.5. The number of hydrogen-bond acceptors (Lipinski definition) is 6. The Hall–Kier alpha value is -1.19. The van der Waals surface area contributed by atoms with E-state index in [1.807, 2.05) is 0 Å². The van der Waals surface area contributed by atoms with E-state index in [0.29, 0.717) is 55.6 Å². The summed E-state index contributed by atoms with van der Waals surface area (Å²) in [6.45, 7) is 6.39. The van der Waals surface area contributed by atoms with Gasteiger partial charge in [-0.3, -0.25) is 14.5 Å². The predicted molar refractivity (Wildman–Crippen MR) is 134 cm³/mol. The van der Waals surface area contributed by atoms with Crippen molar-refractivity contribution in [3.05, 3.63) is 0 Å². The van der Waals surface area contributed by atoms with Crippen molar-refractivity contribution in [1.82, 2.24) is 14.7 Å². The van der Waals surface area contributed by atoms with Gasteiger partial charge in [-0.15, -0.1) is 0 Å². The van der Waals surface area contributed by atoms with Crippen LogP contribution in [0.3, 0.4) is 0 Å². The highest BCUT2D eigenvalue weighted by Gasteiger charge is 2.49. The Bertz CT molecular complexity index is 883. The fraction of sp³-hybridized carbons (Fsp3) is 0.923. The third-order valence-corrected chi connectivity index (χ3v) is 11.3. The van der Waals surface area contributed by atoms with Crippen molar-refractivity contribution in [2.45, 2.75) is 102 Å².